The molecule has 2 aliphatic rings. The van der Waals surface area contributed by atoms with Crippen LogP contribution in [0, 0.1) is 11.8 Å². The molecule has 2 amide bonds. The van der Waals surface area contributed by atoms with E-state index in [-0.39, 0.29) is 18.1 Å². The highest BCUT2D eigenvalue weighted by atomic mass is 16.3. The lowest BCUT2D eigenvalue weighted by atomic mass is 10.0. The Kier molecular flexibility index (Phi) is 5.97. The predicted octanol–water partition coefficient (Wildman–Crippen LogP) is 2.31. The van der Waals surface area contributed by atoms with Crippen molar-refractivity contribution in [3.8, 4) is 0 Å². The van der Waals surface area contributed by atoms with Gasteiger partial charge in [-0.15, -0.1) is 0 Å². The number of hydrogen-bond donors (Lipinski definition) is 2. The molecule has 3 rings (SSSR count). The second-order valence-electron chi connectivity index (χ2n) is 7.79. The highest BCUT2D eigenvalue weighted by molar-refractivity contribution is 5.74. The molecular formula is C20H31N3O2. The Bertz CT molecular complexity index is 563. The van der Waals surface area contributed by atoms with E-state index in [9.17, 15) is 9.90 Å². The summed E-state index contributed by atoms with van der Waals surface area (Å²) in [5, 5.41) is 12.8. The van der Waals surface area contributed by atoms with Gasteiger partial charge in [-0.3, -0.25) is 4.90 Å². The van der Waals surface area contributed by atoms with Crippen LogP contribution in [0.5, 0.6) is 0 Å². The molecule has 1 aromatic carbocycles. The van der Waals surface area contributed by atoms with E-state index in [1.165, 1.54) is 5.56 Å². The Morgan fingerprint density at radius 1 is 1.32 bits per heavy atom. The van der Waals surface area contributed by atoms with Gasteiger partial charge in [-0.25, -0.2) is 4.79 Å². The predicted molar refractivity (Wildman–Crippen MR) is 99.2 cm³/mol. The minimum absolute atomic E-state index is 0.0253. The third-order valence-electron chi connectivity index (χ3n) is 5.76. The molecule has 2 aliphatic heterocycles. The SMILES string of the molecule is C[C@H](O)[C@@H]1CCN(C(=O)NC[C@@H]2C[C@@H](C)N(Cc3ccccc3)C2)C1. The highest BCUT2D eigenvalue weighted by Gasteiger charge is 2.31. The van der Waals surface area contributed by atoms with Crippen LogP contribution in [0.1, 0.15) is 32.3 Å². The Balaban J connectivity index is 1.43. The summed E-state index contributed by atoms with van der Waals surface area (Å²) in [5.41, 5.74) is 1.35. The van der Waals surface area contributed by atoms with Gasteiger partial charge < -0.3 is 15.3 Å². The summed E-state index contributed by atoms with van der Waals surface area (Å²) < 4.78 is 0. The van der Waals surface area contributed by atoms with E-state index in [1.807, 2.05) is 11.8 Å². The van der Waals surface area contributed by atoms with E-state index < -0.39 is 0 Å². The average molecular weight is 345 g/mol. The number of urea groups is 1. The molecule has 2 fully saturated rings. The number of carbonyl (C=O) groups excluding carboxylic acids is 1. The zero-order valence-electron chi connectivity index (χ0n) is 15.4. The summed E-state index contributed by atoms with van der Waals surface area (Å²) in [4.78, 5) is 16.7. The topological polar surface area (TPSA) is 55.8 Å². The van der Waals surface area contributed by atoms with Crippen LogP contribution < -0.4 is 5.32 Å². The van der Waals surface area contributed by atoms with Crippen molar-refractivity contribution in [2.75, 3.05) is 26.2 Å². The molecule has 5 nitrogen and oxygen atoms in total. The van der Waals surface area contributed by atoms with E-state index in [0.717, 1.165) is 39.0 Å². The van der Waals surface area contributed by atoms with Crippen LogP contribution in [0.4, 0.5) is 4.79 Å². The maximum atomic E-state index is 12.3. The normalized spacial score (nSPS) is 28.3. The van der Waals surface area contributed by atoms with Crippen LogP contribution in [0.15, 0.2) is 30.3 Å². The van der Waals surface area contributed by atoms with Gasteiger partial charge in [-0.05, 0) is 38.2 Å². The van der Waals surface area contributed by atoms with Crippen molar-refractivity contribution >= 4 is 6.03 Å². The van der Waals surface area contributed by atoms with Crippen LogP contribution in [0.3, 0.4) is 0 Å². The van der Waals surface area contributed by atoms with Gasteiger partial charge in [-0.2, -0.15) is 0 Å². The van der Waals surface area contributed by atoms with E-state index >= 15 is 0 Å². The van der Waals surface area contributed by atoms with E-state index in [0.29, 0.717) is 18.5 Å². The lowest BCUT2D eigenvalue weighted by molar-refractivity contribution is 0.129. The summed E-state index contributed by atoms with van der Waals surface area (Å²) in [5.74, 6) is 0.733. The fraction of sp³-hybridized carbons (Fsp3) is 0.650. The summed E-state index contributed by atoms with van der Waals surface area (Å²) in [7, 11) is 0. The molecule has 2 heterocycles. The maximum absolute atomic E-state index is 12.3. The molecule has 5 heteroatoms. The monoisotopic (exact) mass is 345 g/mol. The number of rotatable bonds is 5. The number of likely N-dealkylation sites (tertiary alicyclic amines) is 2. The van der Waals surface area contributed by atoms with Crippen LogP contribution in [-0.4, -0.2) is 59.3 Å². The third kappa shape index (κ3) is 4.73. The molecule has 4 atom stereocenters. The number of carbonyl (C=O) groups is 1. The molecule has 1 aromatic rings. The van der Waals surface area contributed by atoms with Gasteiger partial charge in [0, 0.05) is 44.7 Å². The van der Waals surface area contributed by atoms with Crippen molar-refractivity contribution in [2.24, 2.45) is 11.8 Å². The fourth-order valence-electron chi connectivity index (χ4n) is 4.11. The Labute approximate surface area is 151 Å². The molecule has 2 N–H and O–H groups in total. The first-order chi connectivity index (χ1) is 12.0. The molecule has 25 heavy (non-hydrogen) atoms. The Hall–Kier alpha value is -1.59. The minimum Gasteiger partial charge on any atom is -0.393 e. The molecular weight excluding hydrogens is 314 g/mol. The van der Waals surface area contributed by atoms with E-state index in [1.54, 1.807) is 0 Å². The van der Waals surface area contributed by atoms with Crippen LogP contribution in [-0.2, 0) is 6.54 Å². The number of benzene rings is 1. The summed E-state index contributed by atoms with van der Waals surface area (Å²) in [6.07, 6.45) is 1.69. The van der Waals surface area contributed by atoms with Crippen LogP contribution >= 0.6 is 0 Å². The molecule has 0 bridgehead atoms. The standard InChI is InChI=1S/C20H31N3O2/c1-15-10-18(13-23(15)12-17-6-4-3-5-7-17)11-21-20(25)22-9-8-19(14-22)16(2)24/h3-7,15-16,18-19,24H,8-14H2,1-2H3,(H,21,25)/t15-,16+,18+,19-/m1/s1. The first-order valence-corrected chi connectivity index (χ1v) is 9.51. The van der Waals surface area contributed by atoms with Gasteiger partial charge in [0.2, 0.25) is 0 Å². The minimum atomic E-state index is -0.333. The Morgan fingerprint density at radius 3 is 2.76 bits per heavy atom. The van der Waals surface area contributed by atoms with Crippen molar-refractivity contribution in [1.29, 1.82) is 0 Å². The van der Waals surface area contributed by atoms with Crippen molar-refractivity contribution in [1.82, 2.24) is 15.1 Å². The number of amides is 2. The fourth-order valence-corrected chi connectivity index (χ4v) is 4.11. The summed E-state index contributed by atoms with van der Waals surface area (Å²) >= 11 is 0. The van der Waals surface area contributed by atoms with Crippen LogP contribution in [0.2, 0.25) is 0 Å². The largest absolute Gasteiger partial charge is 0.393 e. The zero-order valence-corrected chi connectivity index (χ0v) is 15.4. The van der Waals surface area contributed by atoms with Gasteiger partial charge in [0.15, 0.2) is 0 Å². The maximum Gasteiger partial charge on any atom is 0.317 e. The molecule has 138 valence electrons. The quantitative estimate of drug-likeness (QED) is 0.861. The number of nitrogens with zero attached hydrogens (tertiary/aromatic N) is 2. The second kappa shape index (κ2) is 8.19. The molecule has 0 radical (unpaired) electrons. The van der Waals surface area contributed by atoms with Crippen LogP contribution in [0.25, 0.3) is 0 Å². The number of nitrogens with one attached hydrogen (secondary N) is 1. The van der Waals surface area contributed by atoms with Gasteiger partial charge >= 0.3 is 6.03 Å². The van der Waals surface area contributed by atoms with E-state index in [4.69, 9.17) is 0 Å². The van der Waals surface area contributed by atoms with Crippen molar-refractivity contribution < 1.29 is 9.90 Å². The summed E-state index contributed by atoms with van der Waals surface area (Å²) in [6, 6.07) is 11.2. The van der Waals surface area contributed by atoms with Gasteiger partial charge in [0.1, 0.15) is 0 Å². The van der Waals surface area contributed by atoms with Gasteiger partial charge in [-0.1, -0.05) is 30.3 Å². The first-order valence-electron chi connectivity index (χ1n) is 9.51. The molecule has 0 saturated carbocycles. The van der Waals surface area contributed by atoms with E-state index in [2.05, 4.69) is 47.5 Å². The second-order valence-corrected chi connectivity index (χ2v) is 7.79. The average Bonchev–Trinajstić information content (AvgIpc) is 3.21. The van der Waals surface area contributed by atoms with Gasteiger partial charge in [0.05, 0.1) is 6.10 Å². The van der Waals surface area contributed by atoms with Crippen molar-refractivity contribution in [2.45, 2.75) is 45.4 Å². The smallest absolute Gasteiger partial charge is 0.317 e. The van der Waals surface area contributed by atoms with Crippen molar-refractivity contribution in [3.63, 3.8) is 0 Å². The molecule has 0 unspecified atom stereocenters. The van der Waals surface area contributed by atoms with Gasteiger partial charge in [0.25, 0.3) is 0 Å². The number of aliphatic hydroxyl groups excluding tert-OH is 1. The summed E-state index contributed by atoms with van der Waals surface area (Å²) in [6.45, 7) is 8.27. The third-order valence-corrected chi connectivity index (χ3v) is 5.76. The first kappa shape index (κ1) is 18.2. The highest BCUT2D eigenvalue weighted by Crippen LogP contribution is 2.25. The van der Waals surface area contributed by atoms with Crippen molar-refractivity contribution in [3.05, 3.63) is 35.9 Å². The lowest BCUT2D eigenvalue weighted by Crippen LogP contribution is -2.41. The molecule has 2 saturated heterocycles. The zero-order chi connectivity index (χ0) is 17.8. The molecule has 0 aromatic heterocycles. The number of aliphatic hydroxyl groups is 1. The lowest BCUT2D eigenvalue weighted by Gasteiger charge is -2.21. The Morgan fingerprint density at radius 2 is 2.08 bits per heavy atom. The number of hydrogen-bond acceptors (Lipinski definition) is 3. The molecule has 0 spiro atoms. The molecule has 0 aliphatic carbocycles.